The minimum Gasteiger partial charge on any atom is -0.415 e. The van der Waals surface area contributed by atoms with Crippen molar-refractivity contribution in [3.63, 3.8) is 0 Å². The van der Waals surface area contributed by atoms with Gasteiger partial charge in [0.1, 0.15) is 5.82 Å². The zero-order valence-corrected chi connectivity index (χ0v) is 24.5. The fourth-order valence-corrected chi connectivity index (χ4v) is 5.16. The molecule has 37 heavy (non-hydrogen) atoms. The summed E-state index contributed by atoms with van der Waals surface area (Å²) in [5.41, 5.74) is 1.97. The van der Waals surface area contributed by atoms with Gasteiger partial charge in [0.05, 0.1) is 27.1 Å². The zero-order valence-electron chi connectivity index (χ0n) is 21.9. The van der Waals surface area contributed by atoms with Crippen LogP contribution >= 0.6 is 22.9 Å². The molecule has 3 rings (SSSR count). The van der Waals surface area contributed by atoms with Crippen LogP contribution in [0.4, 0.5) is 21.5 Å². The van der Waals surface area contributed by atoms with Gasteiger partial charge in [-0.15, -0.1) is 11.3 Å². The van der Waals surface area contributed by atoms with Crippen molar-refractivity contribution >= 4 is 60.1 Å². The van der Waals surface area contributed by atoms with Crippen LogP contribution in [-0.2, 0) is 4.43 Å². The van der Waals surface area contributed by atoms with Gasteiger partial charge in [0.2, 0.25) is 0 Å². The van der Waals surface area contributed by atoms with E-state index < -0.39 is 25.9 Å². The topological polar surface area (TPSA) is 79.5 Å². The van der Waals surface area contributed by atoms with E-state index in [1.807, 2.05) is 12.1 Å². The van der Waals surface area contributed by atoms with Crippen molar-refractivity contribution in [2.45, 2.75) is 45.8 Å². The van der Waals surface area contributed by atoms with E-state index in [0.29, 0.717) is 33.6 Å². The standard InChI is InChI=1S/C27H33ClFN3O3SSi/c1-17-15-22(32-26(34)23-11-12-24(28)36-23)20(16-21(17)29)25(33)31-19-9-7-18(8-10-19)30-13-14-35-37(5,6)27(2,3)4/h7-12,15-16,30H,13-14H2,1-6H3,(H,31,33)(H,32,34). The van der Waals surface area contributed by atoms with Gasteiger partial charge in [-0.05, 0) is 79.2 Å². The summed E-state index contributed by atoms with van der Waals surface area (Å²) >= 11 is 7.04. The maximum Gasteiger partial charge on any atom is 0.265 e. The van der Waals surface area contributed by atoms with Gasteiger partial charge < -0.3 is 20.4 Å². The molecule has 0 saturated heterocycles. The highest BCUT2D eigenvalue weighted by atomic mass is 35.5. The maximum atomic E-state index is 14.3. The SMILES string of the molecule is Cc1cc(NC(=O)c2ccc(Cl)s2)c(C(=O)Nc2ccc(NCCO[Si](C)(C)C(C)(C)C)cc2)cc1F. The average molecular weight is 562 g/mol. The summed E-state index contributed by atoms with van der Waals surface area (Å²) in [6, 6.07) is 13.0. The fraction of sp³-hybridized carbons (Fsp3) is 0.333. The highest BCUT2D eigenvalue weighted by Crippen LogP contribution is 2.36. The maximum absolute atomic E-state index is 14.3. The number of aryl methyl sites for hydroxylation is 1. The van der Waals surface area contributed by atoms with Crippen LogP contribution in [0, 0.1) is 12.7 Å². The number of hydrogen-bond donors (Lipinski definition) is 3. The van der Waals surface area contributed by atoms with E-state index in [1.165, 1.54) is 6.07 Å². The summed E-state index contributed by atoms with van der Waals surface area (Å²) < 4.78 is 21.0. The Labute approximate surface area is 227 Å². The number of benzene rings is 2. The normalized spacial score (nSPS) is 11.8. The number of anilines is 3. The number of carbonyl (C=O) groups excluding carboxylic acids is 2. The van der Waals surface area contributed by atoms with E-state index in [1.54, 1.807) is 31.2 Å². The second kappa shape index (κ2) is 11.8. The molecule has 0 radical (unpaired) electrons. The number of nitrogens with one attached hydrogen (secondary N) is 3. The number of rotatable bonds is 9. The molecule has 0 aliphatic carbocycles. The van der Waals surface area contributed by atoms with Crippen LogP contribution in [0.1, 0.15) is 46.4 Å². The molecule has 2 aromatic carbocycles. The van der Waals surface area contributed by atoms with Crippen molar-refractivity contribution in [1.82, 2.24) is 0 Å². The Hall–Kier alpha value is -2.72. The van der Waals surface area contributed by atoms with Crippen LogP contribution in [0.25, 0.3) is 0 Å². The first-order valence-electron chi connectivity index (χ1n) is 11.9. The van der Waals surface area contributed by atoms with Crippen molar-refractivity contribution in [2.75, 3.05) is 29.1 Å². The predicted octanol–water partition coefficient (Wildman–Crippen LogP) is 7.79. The number of amides is 2. The predicted molar refractivity (Wildman–Crippen MR) is 154 cm³/mol. The lowest BCUT2D eigenvalue weighted by molar-refractivity contribution is 0.102. The van der Waals surface area contributed by atoms with Crippen molar-refractivity contribution in [3.8, 4) is 0 Å². The van der Waals surface area contributed by atoms with Gasteiger partial charge in [-0.3, -0.25) is 9.59 Å². The molecule has 3 aromatic rings. The highest BCUT2D eigenvalue weighted by Gasteiger charge is 2.36. The molecule has 0 aliphatic heterocycles. The summed E-state index contributed by atoms with van der Waals surface area (Å²) in [7, 11) is -1.79. The third kappa shape index (κ3) is 7.64. The van der Waals surface area contributed by atoms with Gasteiger partial charge in [0.25, 0.3) is 11.8 Å². The van der Waals surface area contributed by atoms with Crippen LogP contribution in [0.3, 0.4) is 0 Å². The molecule has 6 nitrogen and oxygen atoms in total. The van der Waals surface area contributed by atoms with Crippen LogP contribution in [0.5, 0.6) is 0 Å². The Morgan fingerprint density at radius 1 is 1.00 bits per heavy atom. The second-order valence-electron chi connectivity index (χ2n) is 10.3. The summed E-state index contributed by atoms with van der Waals surface area (Å²) in [5, 5.41) is 8.95. The molecule has 3 N–H and O–H groups in total. The molecule has 10 heteroatoms. The van der Waals surface area contributed by atoms with E-state index in [-0.39, 0.29) is 16.3 Å². The Morgan fingerprint density at radius 3 is 2.24 bits per heavy atom. The van der Waals surface area contributed by atoms with Gasteiger partial charge in [-0.1, -0.05) is 32.4 Å². The van der Waals surface area contributed by atoms with E-state index >= 15 is 0 Å². The van der Waals surface area contributed by atoms with E-state index in [9.17, 15) is 14.0 Å². The first-order valence-corrected chi connectivity index (χ1v) is 16.0. The van der Waals surface area contributed by atoms with Crippen LogP contribution in [0.15, 0.2) is 48.5 Å². The average Bonchev–Trinajstić information content (AvgIpc) is 3.25. The van der Waals surface area contributed by atoms with E-state index in [0.717, 1.165) is 23.1 Å². The fourth-order valence-electron chi connectivity index (χ4n) is 3.18. The van der Waals surface area contributed by atoms with Crippen molar-refractivity contribution in [3.05, 3.63) is 74.7 Å². The van der Waals surface area contributed by atoms with Gasteiger partial charge in [0.15, 0.2) is 8.32 Å². The molecule has 0 bridgehead atoms. The minimum absolute atomic E-state index is 0.0177. The van der Waals surface area contributed by atoms with E-state index in [4.69, 9.17) is 16.0 Å². The first kappa shape index (κ1) is 28.8. The Balaban J connectivity index is 1.63. The quantitative estimate of drug-likeness (QED) is 0.184. The number of carbonyl (C=O) groups is 2. The second-order valence-corrected chi connectivity index (χ2v) is 16.8. The lowest BCUT2D eigenvalue weighted by Crippen LogP contribution is -2.41. The Bertz CT molecular complexity index is 1270. The molecule has 2 amide bonds. The summed E-state index contributed by atoms with van der Waals surface area (Å²) in [4.78, 5) is 26.0. The van der Waals surface area contributed by atoms with Crippen molar-refractivity contribution in [2.24, 2.45) is 0 Å². The number of thiophene rings is 1. The summed E-state index contributed by atoms with van der Waals surface area (Å²) in [6.45, 7) is 13.9. The zero-order chi connectivity index (χ0) is 27.4. The van der Waals surface area contributed by atoms with Gasteiger partial charge in [-0.25, -0.2) is 4.39 Å². The lowest BCUT2D eigenvalue weighted by Gasteiger charge is -2.36. The van der Waals surface area contributed by atoms with Crippen LogP contribution in [-0.4, -0.2) is 33.3 Å². The van der Waals surface area contributed by atoms with Crippen LogP contribution in [0.2, 0.25) is 22.5 Å². The molecule has 0 saturated carbocycles. The molecule has 0 spiro atoms. The van der Waals surface area contributed by atoms with Crippen LogP contribution < -0.4 is 16.0 Å². The Morgan fingerprint density at radius 2 is 1.65 bits per heavy atom. The molecule has 198 valence electrons. The molecule has 0 aliphatic rings. The van der Waals surface area contributed by atoms with E-state index in [2.05, 4.69) is 49.8 Å². The molecule has 1 aromatic heterocycles. The van der Waals surface area contributed by atoms with Gasteiger partial charge in [-0.2, -0.15) is 0 Å². The highest BCUT2D eigenvalue weighted by molar-refractivity contribution is 7.18. The molecular formula is C27H33ClFN3O3SSi. The molecular weight excluding hydrogens is 529 g/mol. The largest absolute Gasteiger partial charge is 0.415 e. The van der Waals surface area contributed by atoms with Crippen molar-refractivity contribution in [1.29, 1.82) is 0 Å². The third-order valence-corrected chi connectivity index (χ3v) is 12.2. The Kier molecular flexibility index (Phi) is 9.17. The smallest absolute Gasteiger partial charge is 0.265 e. The number of halogens is 2. The molecule has 0 atom stereocenters. The minimum atomic E-state index is -1.79. The van der Waals surface area contributed by atoms with Gasteiger partial charge >= 0.3 is 0 Å². The monoisotopic (exact) mass is 561 g/mol. The summed E-state index contributed by atoms with van der Waals surface area (Å²) in [5.74, 6) is -1.51. The van der Waals surface area contributed by atoms with Gasteiger partial charge in [0, 0.05) is 17.9 Å². The molecule has 0 fully saturated rings. The lowest BCUT2D eigenvalue weighted by atomic mass is 10.1. The van der Waals surface area contributed by atoms with Crippen molar-refractivity contribution < 1.29 is 18.4 Å². The molecule has 0 unspecified atom stereocenters. The molecule has 1 heterocycles. The number of hydrogen-bond acceptors (Lipinski definition) is 5. The summed E-state index contributed by atoms with van der Waals surface area (Å²) in [6.07, 6.45) is 0. The third-order valence-electron chi connectivity index (χ3n) is 6.43. The first-order chi connectivity index (χ1) is 17.3.